The predicted octanol–water partition coefficient (Wildman–Crippen LogP) is 4.79. The molecule has 0 fully saturated rings. The van der Waals surface area contributed by atoms with E-state index in [0.29, 0.717) is 41.5 Å². The molecule has 0 saturated heterocycles. The Morgan fingerprint density at radius 1 is 1.00 bits per heavy atom. The van der Waals surface area contributed by atoms with Gasteiger partial charge in [0.25, 0.3) is 5.91 Å². The van der Waals surface area contributed by atoms with Gasteiger partial charge in [0.15, 0.2) is 17.3 Å². The van der Waals surface area contributed by atoms with Gasteiger partial charge in [-0.2, -0.15) is 0 Å². The summed E-state index contributed by atoms with van der Waals surface area (Å²) in [6.45, 7) is 2.37. The third kappa shape index (κ3) is 4.38. The topological polar surface area (TPSA) is 73.6 Å². The van der Waals surface area contributed by atoms with Crippen LogP contribution in [0.15, 0.2) is 65.1 Å². The van der Waals surface area contributed by atoms with Gasteiger partial charge in [-0.25, -0.2) is 4.98 Å². The van der Waals surface area contributed by atoms with Gasteiger partial charge in [-0.05, 0) is 55.3 Å². The van der Waals surface area contributed by atoms with Crippen LogP contribution >= 0.6 is 0 Å². The second kappa shape index (κ2) is 8.92. The van der Waals surface area contributed by atoms with Crippen LogP contribution in [0.3, 0.4) is 0 Å². The number of aromatic nitrogens is 1. The van der Waals surface area contributed by atoms with E-state index < -0.39 is 0 Å². The van der Waals surface area contributed by atoms with E-state index in [-0.39, 0.29) is 5.91 Å². The lowest BCUT2D eigenvalue weighted by Crippen LogP contribution is -2.26. The third-order valence-corrected chi connectivity index (χ3v) is 5.10. The monoisotopic (exact) mass is 416 g/mol. The molecular formula is C25H24N2O4. The normalized spacial score (nSPS) is 10.8. The molecule has 0 radical (unpaired) electrons. The molecule has 0 atom stereocenters. The van der Waals surface area contributed by atoms with Gasteiger partial charge in [-0.1, -0.05) is 24.3 Å². The molecule has 0 unspecified atom stereocenters. The van der Waals surface area contributed by atoms with E-state index >= 15 is 0 Å². The number of fused-ring (bicyclic) bond motifs is 1. The lowest BCUT2D eigenvalue weighted by atomic mass is 10.1. The van der Waals surface area contributed by atoms with Crippen molar-refractivity contribution in [3.8, 4) is 23.0 Å². The van der Waals surface area contributed by atoms with E-state index in [0.717, 1.165) is 22.2 Å². The summed E-state index contributed by atoms with van der Waals surface area (Å²) in [5.41, 5.74) is 3.00. The van der Waals surface area contributed by atoms with Crippen molar-refractivity contribution in [3.05, 3.63) is 77.6 Å². The Labute approximate surface area is 180 Å². The van der Waals surface area contributed by atoms with Crippen LogP contribution in [0.4, 0.5) is 0 Å². The average molecular weight is 416 g/mol. The van der Waals surface area contributed by atoms with Crippen LogP contribution in [0.2, 0.25) is 0 Å². The van der Waals surface area contributed by atoms with Gasteiger partial charge in [0.05, 0.1) is 25.3 Å². The zero-order chi connectivity index (χ0) is 21.8. The Morgan fingerprint density at radius 2 is 1.81 bits per heavy atom. The van der Waals surface area contributed by atoms with Crippen LogP contribution in [-0.4, -0.2) is 31.7 Å². The predicted molar refractivity (Wildman–Crippen MR) is 120 cm³/mol. The summed E-state index contributed by atoms with van der Waals surface area (Å²) >= 11 is 0. The molecule has 0 bridgehead atoms. The highest BCUT2D eigenvalue weighted by Gasteiger charge is 2.15. The SMILES string of the molecule is COc1ccc(CCNC(=O)c2cc(-c3ccc(C)o3)nc3ccccc23)cc1OC. The number of amides is 1. The smallest absolute Gasteiger partial charge is 0.252 e. The molecule has 1 amide bonds. The first kappa shape index (κ1) is 20.5. The summed E-state index contributed by atoms with van der Waals surface area (Å²) < 4.78 is 16.3. The Kier molecular flexibility index (Phi) is 5.89. The summed E-state index contributed by atoms with van der Waals surface area (Å²) in [6.07, 6.45) is 0.666. The van der Waals surface area contributed by atoms with Gasteiger partial charge in [-0.15, -0.1) is 0 Å². The minimum Gasteiger partial charge on any atom is -0.493 e. The first-order valence-corrected chi connectivity index (χ1v) is 10.0. The van der Waals surface area contributed by atoms with E-state index in [1.54, 1.807) is 20.3 Å². The number of hydrogen-bond acceptors (Lipinski definition) is 5. The summed E-state index contributed by atoms with van der Waals surface area (Å²) in [4.78, 5) is 17.7. The van der Waals surface area contributed by atoms with Crippen molar-refractivity contribution in [2.75, 3.05) is 20.8 Å². The number of hydrogen-bond donors (Lipinski definition) is 1. The maximum Gasteiger partial charge on any atom is 0.252 e. The molecule has 0 aliphatic carbocycles. The summed E-state index contributed by atoms with van der Waals surface area (Å²) in [5.74, 6) is 2.64. The van der Waals surface area contributed by atoms with Gasteiger partial charge in [0.2, 0.25) is 0 Å². The molecule has 6 heteroatoms. The number of carbonyl (C=O) groups excluding carboxylic acids is 1. The van der Waals surface area contributed by atoms with E-state index in [4.69, 9.17) is 13.9 Å². The molecule has 0 aliphatic heterocycles. The quantitative estimate of drug-likeness (QED) is 0.469. The molecule has 0 spiro atoms. The zero-order valence-corrected chi connectivity index (χ0v) is 17.8. The fourth-order valence-corrected chi connectivity index (χ4v) is 3.51. The minimum atomic E-state index is -0.149. The highest BCUT2D eigenvalue weighted by Crippen LogP contribution is 2.28. The summed E-state index contributed by atoms with van der Waals surface area (Å²) in [7, 11) is 3.21. The van der Waals surface area contributed by atoms with Crippen LogP contribution in [0.5, 0.6) is 11.5 Å². The minimum absolute atomic E-state index is 0.149. The van der Waals surface area contributed by atoms with Crippen LogP contribution in [0.25, 0.3) is 22.4 Å². The number of furan rings is 1. The highest BCUT2D eigenvalue weighted by molar-refractivity contribution is 6.07. The van der Waals surface area contributed by atoms with Crippen molar-refractivity contribution in [2.24, 2.45) is 0 Å². The van der Waals surface area contributed by atoms with Crippen molar-refractivity contribution in [1.82, 2.24) is 10.3 Å². The summed E-state index contributed by atoms with van der Waals surface area (Å²) in [6, 6.07) is 18.9. The second-order valence-electron chi connectivity index (χ2n) is 7.18. The number of carbonyl (C=O) groups is 1. The molecule has 2 aromatic carbocycles. The lowest BCUT2D eigenvalue weighted by Gasteiger charge is -2.11. The van der Waals surface area contributed by atoms with Gasteiger partial charge >= 0.3 is 0 Å². The van der Waals surface area contributed by atoms with E-state index in [1.807, 2.05) is 61.5 Å². The second-order valence-corrected chi connectivity index (χ2v) is 7.18. The molecular weight excluding hydrogens is 392 g/mol. The van der Waals surface area contributed by atoms with Crippen LogP contribution in [0.1, 0.15) is 21.7 Å². The van der Waals surface area contributed by atoms with Gasteiger partial charge in [0.1, 0.15) is 11.5 Å². The molecule has 0 aliphatic rings. The van der Waals surface area contributed by atoms with Crippen molar-refractivity contribution >= 4 is 16.8 Å². The zero-order valence-electron chi connectivity index (χ0n) is 17.8. The molecule has 2 aromatic heterocycles. The molecule has 0 saturated carbocycles. The van der Waals surface area contributed by atoms with Gasteiger partial charge < -0.3 is 19.2 Å². The first-order chi connectivity index (χ1) is 15.1. The van der Waals surface area contributed by atoms with E-state index in [9.17, 15) is 4.79 Å². The first-order valence-electron chi connectivity index (χ1n) is 10.0. The van der Waals surface area contributed by atoms with Crippen LogP contribution < -0.4 is 14.8 Å². The van der Waals surface area contributed by atoms with E-state index in [1.165, 1.54) is 0 Å². The number of para-hydroxylation sites is 1. The van der Waals surface area contributed by atoms with Crippen molar-refractivity contribution in [2.45, 2.75) is 13.3 Å². The number of rotatable bonds is 7. The number of aryl methyl sites for hydroxylation is 1. The molecule has 1 N–H and O–H groups in total. The number of nitrogens with one attached hydrogen (secondary N) is 1. The van der Waals surface area contributed by atoms with Crippen LogP contribution in [-0.2, 0) is 6.42 Å². The number of benzene rings is 2. The van der Waals surface area contributed by atoms with Crippen LogP contribution in [0, 0.1) is 6.92 Å². The molecule has 4 aromatic rings. The third-order valence-electron chi connectivity index (χ3n) is 5.10. The lowest BCUT2D eigenvalue weighted by molar-refractivity contribution is 0.0955. The average Bonchev–Trinajstić information content (AvgIpc) is 3.24. The van der Waals surface area contributed by atoms with Crippen molar-refractivity contribution in [3.63, 3.8) is 0 Å². The van der Waals surface area contributed by atoms with E-state index in [2.05, 4.69) is 10.3 Å². The van der Waals surface area contributed by atoms with Crippen molar-refractivity contribution in [1.29, 1.82) is 0 Å². The number of pyridine rings is 1. The fraction of sp³-hybridized carbons (Fsp3) is 0.200. The summed E-state index contributed by atoms with van der Waals surface area (Å²) in [5, 5.41) is 3.82. The van der Waals surface area contributed by atoms with Gasteiger partial charge in [-0.3, -0.25) is 4.79 Å². The van der Waals surface area contributed by atoms with Crippen molar-refractivity contribution < 1.29 is 18.7 Å². The largest absolute Gasteiger partial charge is 0.493 e. The molecule has 6 nitrogen and oxygen atoms in total. The maximum atomic E-state index is 13.0. The number of nitrogens with zero attached hydrogens (tertiary/aromatic N) is 1. The molecule has 31 heavy (non-hydrogen) atoms. The Balaban J connectivity index is 1.55. The number of ether oxygens (including phenoxy) is 2. The Bertz CT molecular complexity index is 1230. The molecule has 2 heterocycles. The highest BCUT2D eigenvalue weighted by atomic mass is 16.5. The maximum absolute atomic E-state index is 13.0. The number of methoxy groups -OCH3 is 2. The fourth-order valence-electron chi connectivity index (χ4n) is 3.51. The molecule has 4 rings (SSSR count). The Morgan fingerprint density at radius 3 is 2.55 bits per heavy atom. The molecule has 158 valence electrons. The standard InChI is InChI=1S/C25H24N2O4/c1-16-8-10-22(31-16)21-15-19(18-6-4-5-7-20(18)27-21)25(28)26-13-12-17-9-11-23(29-2)24(14-17)30-3/h4-11,14-15H,12-13H2,1-3H3,(H,26,28). The van der Waals surface area contributed by atoms with Gasteiger partial charge in [0, 0.05) is 11.9 Å². The Hall–Kier alpha value is -3.80.